The summed E-state index contributed by atoms with van der Waals surface area (Å²) >= 11 is 5.93. The Morgan fingerprint density at radius 1 is 1.29 bits per heavy atom. The lowest BCUT2D eigenvalue weighted by Crippen LogP contribution is -2.55. The van der Waals surface area contributed by atoms with E-state index in [-0.39, 0.29) is 31.3 Å². The molecule has 1 fully saturated rings. The van der Waals surface area contributed by atoms with Crippen LogP contribution in [0.15, 0.2) is 24.3 Å². The molecular formula is C22H32ClN3O8S. The number of hydrogen-bond acceptors (Lipinski definition) is 7. The van der Waals surface area contributed by atoms with Crippen molar-refractivity contribution in [3.8, 4) is 0 Å². The maximum Gasteiger partial charge on any atom is 0.407 e. The number of aliphatic hydroxyl groups is 1. The van der Waals surface area contributed by atoms with Crippen molar-refractivity contribution in [2.75, 3.05) is 13.2 Å². The Morgan fingerprint density at radius 3 is 2.57 bits per heavy atom. The third kappa shape index (κ3) is 9.63. The average molecular weight is 534 g/mol. The molecule has 0 saturated carbocycles. The summed E-state index contributed by atoms with van der Waals surface area (Å²) in [7, 11) is -4.93. The Morgan fingerprint density at radius 2 is 2.00 bits per heavy atom. The minimum absolute atomic E-state index is 0.0308. The van der Waals surface area contributed by atoms with Crippen molar-refractivity contribution in [2.45, 2.75) is 57.1 Å². The lowest BCUT2D eigenvalue weighted by molar-refractivity contribution is -0.126. The zero-order valence-corrected chi connectivity index (χ0v) is 21.1. The second-order valence-corrected chi connectivity index (χ2v) is 10.8. The van der Waals surface area contributed by atoms with Gasteiger partial charge in [-0.15, -0.1) is 0 Å². The molecule has 0 aromatic heterocycles. The van der Waals surface area contributed by atoms with E-state index in [0.717, 1.165) is 5.56 Å². The van der Waals surface area contributed by atoms with Gasteiger partial charge in [-0.05, 0) is 42.9 Å². The topological polar surface area (TPSA) is 171 Å². The van der Waals surface area contributed by atoms with Gasteiger partial charge in [-0.2, -0.15) is 8.42 Å². The molecule has 0 bridgehead atoms. The van der Waals surface area contributed by atoms with Crippen LogP contribution in [0.5, 0.6) is 0 Å². The number of halogens is 1. The molecule has 13 heteroatoms. The van der Waals surface area contributed by atoms with Crippen molar-refractivity contribution >= 4 is 39.6 Å². The van der Waals surface area contributed by atoms with Crippen molar-refractivity contribution < 1.29 is 37.2 Å². The summed E-state index contributed by atoms with van der Waals surface area (Å²) in [4.78, 5) is 37.2. The number of rotatable bonds is 12. The van der Waals surface area contributed by atoms with Crippen molar-refractivity contribution in [3.63, 3.8) is 0 Å². The summed E-state index contributed by atoms with van der Waals surface area (Å²) in [6.07, 6.45) is -0.0861. The number of carbonyl (C=O) groups excluding carboxylic acids is 3. The molecule has 1 saturated heterocycles. The van der Waals surface area contributed by atoms with Crippen molar-refractivity contribution in [2.24, 2.45) is 11.8 Å². The first kappa shape index (κ1) is 28.8. The van der Waals surface area contributed by atoms with Crippen LogP contribution in [0.25, 0.3) is 0 Å². The van der Waals surface area contributed by atoms with Crippen LogP contribution in [0.3, 0.4) is 0 Å². The second-order valence-electron chi connectivity index (χ2n) is 8.88. The summed E-state index contributed by atoms with van der Waals surface area (Å²) in [5, 5.41) is 18.1. The predicted molar refractivity (Wildman–Crippen MR) is 128 cm³/mol. The van der Waals surface area contributed by atoms with Crippen molar-refractivity contribution in [1.82, 2.24) is 16.0 Å². The lowest BCUT2D eigenvalue weighted by atomic mass is 9.97. The molecule has 0 unspecified atom stereocenters. The quantitative estimate of drug-likeness (QED) is 0.250. The first-order chi connectivity index (χ1) is 16.4. The fraction of sp³-hybridized carbons (Fsp3) is 0.591. The molecule has 2 rings (SSSR count). The zero-order valence-electron chi connectivity index (χ0n) is 19.6. The number of benzene rings is 1. The first-order valence-corrected chi connectivity index (χ1v) is 13.1. The highest BCUT2D eigenvalue weighted by Gasteiger charge is 2.37. The third-order valence-corrected chi connectivity index (χ3v) is 6.68. The van der Waals surface area contributed by atoms with Crippen LogP contribution in [0.2, 0.25) is 5.02 Å². The summed E-state index contributed by atoms with van der Waals surface area (Å²) in [6, 6.07) is 4.48. The van der Waals surface area contributed by atoms with Gasteiger partial charge in [0.15, 0.2) is 0 Å². The molecular weight excluding hydrogens is 502 g/mol. The van der Waals surface area contributed by atoms with Gasteiger partial charge < -0.3 is 25.8 Å². The lowest BCUT2D eigenvalue weighted by Gasteiger charge is -2.27. The van der Waals surface area contributed by atoms with Gasteiger partial charge in [0.05, 0.1) is 12.6 Å². The van der Waals surface area contributed by atoms with Crippen LogP contribution in [0.1, 0.15) is 38.7 Å². The first-order valence-electron chi connectivity index (χ1n) is 11.3. The van der Waals surface area contributed by atoms with Gasteiger partial charge in [-0.3, -0.25) is 14.1 Å². The number of carbonyl (C=O) groups is 3. The number of ether oxygens (including phenoxy) is 1. The smallest absolute Gasteiger partial charge is 0.407 e. The summed E-state index contributed by atoms with van der Waals surface area (Å²) in [5.74, 6) is -1.81. The molecule has 196 valence electrons. The standard InChI is InChI=1S/C22H32ClN3O8S/c1-13(2)10-17(26-22(30)34-9-7-14-4-3-5-16(23)11-14)20(28)25-18(21(29)35(31,32)33)12-15-6-8-24-19(15)27/h3-5,11,13,15,17-18,21,29H,6-10,12H2,1-2H3,(H,24,27)(H,25,28)(H,26,30)(H,31,32,33)/t15-,17-,18-,21+/m0/s1. The molecule has 1 aliphatic rings. The van der Waals surface area contributed by atoms with E-state index in [1.54, 1.807) is 18.2 Å². The summed E-state index contributed by atoms with van der Waals surface area (Å²) in [5.41, 5.74) is -1.48. The highest BCUT2D eigenvalue weighted by Crippen LogP contribution is 2.20. The maximum atomic E-state index is 13.0. The van der Waals surface area contributed by atoms with Gasteiger partial charge >= 0.3 is 6.09 Å². The minimum atomic E-state index is -4.93. The normalized spacial score (nSPS) is 18.5. The molecule has 4 atom stereocenters. The van der Waals surface area contributed by atoms with Crippen LogP contribution in [0, 0.1) is 11.8 Å². The monoisotopic (exact) mass is 533 g/mol. The molecule has 11 nitrogen and oxygen atoms in total. The zero-order chi connectivity index (χ0) is 26.2. The van der Waals surface area contributed by atoms with Gasteiger partial charge in [0.1, 0.15) is 6.04 Å². The van der Waals surface area contributed by atoms with Gasteiger partial charge in [0.2, 0.25) is 17.3 Å². The van der Waals surface area contributed by atoms with E-state index in [1.807, 2.05) is 19.9 Å². The molecule has 1 aliphatic heterocycles. The largest absolute Gasteiger partial charge is 0.449 e. The fourth-order valence-corrected chi connectivity index (χ4v) is 4.56. The predicted octanol–water partition coefficient (Wildman–Crippen LogP) is 1.24. The van der Waals surface area contributed by atoms with Crippen molar-refractivity contribution in [1.29, 1.82) is 0 Å². The van der Waals surface area contributed by atoms with Crippen molar-refractivity contribution in [3.05, 3.63) is 34.9 Å². The Bertz CT molecular complexity index is 1000. The van der Waals surface area contributed by atoms with E-state index in [2.05, 4.69) is 16.0 Å². The van der Waals surface area contributed by atoms with Crippen LogP contribution < -0.4 is 16.0 Å². The van der Waals surface area contributed by atoms with Gasteiger partial charge in [0.25, 0.3) is 10.1 Å². The fourth-order valence-electron chi connectivity index (χ4n) is 3.75. The van der Waals surface area contributed by atoms with E-state index in [4.69, 9.17) is 16.3 Å². The minimum Gasteiger partial charge on any atom is -0.449 e. The molecule has 0 radical (unpaired) electrons. The second kappa shape index (κ2) is 13.1. The van der Waals surface area contributed by atoms with E-state index in [1.165, 1.54) is 0 Å². The maximum absolute atomic E-state index is 13.0. The molecule has 1 aromatic rings. The number of nitrogens with one attached hydrogen (secondary N) is 3. The molecule has 3 amide bonds. The highest BCUT2D eigenvalue weighted by molar-refractivity contribution is 7.86. The van der Waals surface area contributed by atoms with Gasteiger partial charge in [-0.25, -0.2) is 4.79 Å². The third-order valence-electron chi connectivity index (χ3n) is 5.51. The van der Waals surface area contributed by atoms with Crippen LogP contribution in [-0.4, -0.2) is 66.7 Å². The van der Waals surface area contributed by atoms with Crippen LogP contribution >= 0.6 is 11.6 Å². The molecule has 35 heavy (non-hydrogen) atoms. The number of hydrogen-bond donors (Lipinski definition) is 5. The van der Waals surface area contributed by atoms with E-state index in [0.29, 0.717) is 24.4 Å². The average Bonchev–Trinajstić information content (AvgIpc) is 3.15. The number of aliphatic hydroxyl groups excluding tert-OH is 1. The molecule has 0 aliphatic carbocycles. The highest BCUT2D eigenvalue weighted by atomic mass is 35.5. The molecule has 1 heterocycles. The van der Waals surface area contributed by atoms with Gasteiger partial charge in [-0.1, -0.05) is 37.6 Å². The molecule has 0 spiro atoms. The summed E-state index contributed by atoms with van der Waals surface area (Å²) in [6.45, 7) is 4.05. The van der Waals surface area contributed by atoms with E-state index < -0.39 is 45.6 Å². The van der Waals surface area contributed by atoms with Crippen LogP contribution in [0.4, 0.5) is 4.79 Å². The molecule has 1 aromatic carbocycles. The van der Waals surface area contributed by atoms with Crippen LogP contribution in [-0.2, 0) is 30.9 Å². The Hall–Kier alpha value is -2.41. The van der Waals surface area contributed by atoms with E-state index in [9.17, 15) is 32.5 Å². The van der Waals surface area contributed by atoms with E-state index >= 15 is 0 Å². The number of amides is 3. The SMILES string of the molecule is CC(C)C[C@H](NC(=O)OCCc1cccc(Cl)c1)C(=O)N[C@@H](C[C@@H]1CCNC1=O)[C@H](O)S(=O)(=O)O. The Kier molecular flexibility index (Phi) is 10.7. The van der Waals surface area contributed by atoms with Gasteiger partial charge in [0, 0.05) is 23.9 Å². The number of alkyl carbamates (subject to hydrolysis) is 1. The Balaban J connectivity index is 2.03. The Labute approximate surface area is 209 Å². The molecule has 5 N–H and O–H groups in total. The summed E-state index contributed by atoms with van der Waals surface area (Å²) < 4.78 is 37.6.